The summed E-state index contributed by atoms with van der Waals surface area (Å²) in [4.78, 5) is 4.13. The molecule has 0 unspecified atom stereocenters. The summed E-state index contributed by atoms with van der Waals surface area (Å²) in [5.41, 5.74) is 0. The van der Waals surface area contributed by atoms with Crippen LogP contribution in [0, 0.1) is 5.92 Å². The Morgan fingerprint density at radius 1 is 1.19 bits per heavy atom. The van der Waals surface area contributed by atoms with Crippen molar-refractivity contribution in [2.75, 3.05) is 26.2 Å². The summed E-state index contributed by atoms with van der Waals surface area (Å²) >= 11 is 9.13. The Bertz CT molecular complexity index is 390. The molecule has 21 heavy (non-hydrogen) atoms. The summed E-state index contributed by atoms with van der Waals surface area (Å²) in [6.07, 6.45) is 2.55. The van der Waals surface area contributed by atoms with Crippen LogP contribution in [0.1, 0.15) is 37.6 Å². The number of piperazine rings is 1. The second kappa shape index (κ2) is 10.8. The summed E-state index contributed by atoms with van der Waals surface area (Å²) in [7, 11) is 0. The minimum Gasteiger partial charge on any atom is -0.314 e. The molecular formula is C14H24Br2Cl2N2S. The van der Waals surface area contributed by atoms with Gasteiger partial charge >= 0.3 is 0 Å². The van der Waals surface area contributed by atoms with Gasteiger partial charge in [0, 0.05) is 41.6 Å². The van der Waals surface area contributed by atoms with Gasteiger partial charge < -0.3 is 5.32 Å². The lowest BCUT2D eigenvalue weighted by Crippen LogP contribution is -2.45. The molecule has 1 fully saturated rings. The van der Waals surface area contributed by atoms with Gasteiger partial charge in [-0.3, -0.25) is 4.90 Å². The number of thiophene rings is 1. The van der Waals surface area contributed by atoms with Gasteiger partial charge in [-0.1, -0.05) is 13.8 Å². The van der Waals surface area contributed by atoms with Crippen LogP contribution >= 0.6 is 68.0 Å². The molecule has 1 N–H and O–H groups in total. The minimum atomic E-state index is 0. The fourth-order valence-corrected chi connectivity index (χ4v) is 4.78. The second-order valence-corrected chi connectivity index (χ2v) is 8.80. The van der Waals surface area contributed by atoms with E-state index in [0.717, 1.165) is 32.1 Å². The first kappa shape index (κ1) is 22.2. The molecule has 0 aliphatic carbocycles. The molecule has 124 valence electrons. The van der Waals surface area contributed by atoms with Crippen molar-refractivity contribution in [1.82, 2.24) is 10.2 Å². The molecule has 0 amide bonds. The second-order valence-electron chi connectivity index (χ2n) is 5.54. The molecule has 0 spiro atoms. The highest BCUT2D eigenvalue weighted by molar-refractivity contribution is 9.13. The van der Waals surface area contributed by atoms with E-state index in [9.17, 15) is 0 Å². The van der Waals surface area contributed by atoms with Crippen LogP contribution in [-0.2, 0) is 0 Å². The predicted octanol–water partition coefficient (Wildman–Crippen LogP) is 5.50. The molecule has 1 saturated heterocycles. The zero-order chi connectivity index (χ0) is 13.8. The molecule has 1 aromatic rings. The Labute approximate surface area is 161 Å². The number of nitrogens with one attached hydrogen (secondary N) is 1. The minimum absolute atomic E-state index is 0. The Morgan fingerprint density at radius 3 is 2.29 bits per heavy atom. The van der Waals surface area contributed by atoms with E-state index in [1.54, 1.807) is 0 Å². The van der Waals surface area contributed by atoms with Crippen LogP contribution in [0.2, 0.25) is 0 Å². The van der Waals surface area contributed by atoms with E-state index in [1.165, 1.54) is 26.0 Å². The van der Waals surface area contributed by atoms with Crippen molar-refractivity contribution in [3.05, 3.63) is 19.2 Å². The zero-order valence-corrected chi connectivity index (χ0v) is 18.0. The van der Waals surface area contributed by atoms with Gasteiger partial charge in [0.05, 0.1) is 3.79 Å². The van der Waals surface area contributed by atoms with Crippen molar-refractivity contribution in [3.63, 3.8) is 0 Å². The van der Waals surface area contributed by atoms with Gasteiger partial charge in [-0.15, -0.1) is 36.2 Å². The number of nitrogens with zero attached hydrogens (tertiary/aromatic N) is 1. The quantitative estimate of drug-likeness (QED) is 0.596. The number of rotatable bonds is 5. The smallest absolute Gasteiger partial charge is 0.0843 e. The maximum atomic E-state index is 3.63. The zero-order valence-electron chi connectivity index (χ0n) is 12.4. The molecule has 0 aromatic carbocycles. The predicted molar refractivity (Wildman–Crippen MR) is 105 cm³/mol. The molecule has 1 aromatic heterocycles. The maximum Gasteiger partial charge on any atom is 0.0843 e. The van der Waals surface area contributed by atoms with Crippen molar-refractivity contribution in [2.45, 2.75) is 32.7 Å². The van der Waals surface area contributed by atoms with Gasteiger partial charge in [-0.05, 0) is 56.7 Å². The van der Waals surface area contributed by atoms with Crippen molar-refractivity contribution in [2.24, 2.45) is 5.92 Å². The molecule has 1 atom stereocenters. The largest absolute Gasteiger partial charge is 0.314 e. The SMILES string of the molecule is CC(C)CC[C@@H](c1cc(Br)c(Br)s1)N1CCNCC1.Cl.Cl. The summed E-state index contributed by atoms with van der Waals surface area (Å²) in [5, 5.41) is 3.45. The van der Waals surface area contributed by atoms with E-state index in [2.05, 4.69) is 62.0 Å². The molecule has 2 heterocycles. The number of halogens is 4. The average molecular weight is 483 g/mol. The van der Waals surface area contributed by atoms with Crippen LogP contribution in [0.15, 0.2) is 14.3 Å². The van der Waals surface area contributed by atoms with Gasteiger partial charge in [-0.2, -0.15) is 0 Å². The summed E-state index contributed by atoms with van der Waals surface area (Å²) in [6, 6.07) is 2.87. The number of hydrogen-bond acceptors (Lipinski definition) is 3. The molecule has 1 aliphatic heterocycles. The summed E-state index contributed by atoms with van der Waals surface area (Å²) in [5.74, 6) is 0.775. The highest BCUT2D eigenvalue weighted by Gasteiger charge is 2.24. The van der Waals surface area contributed by atoms with E-state index in [0.29, 0.717) is 6.04 Å². The van der Waals surface area contributed by atoms with E-state index in [-0.39, 0.29) is 24.8 Å². The highest BCUT2D eigenvalue weighted by Crippen LogP contribution is 2.39. The fraction of sp³-hybridized carbons (Fsp3) is 0.714. The van der Waals surface area contributed by atoms with Crippen LogP contribution < -0.4 is 5.32 Å². The maximum absolute atomic E-state index is 3.63. The third-order valence-corrected chi connectivity index (χ3v) is 6.96. The first-order valence-electron chi connectivity index (χ1n) is 6.97. The lowest BCUT2D eigenvalue weighted by atomic mass is 10.0. The standard InChI is InChI=1S/C14H22Br2N2S.2ClH/c1-10(2)3-4-12(18-7-5-17-6-8-18)13-9-11(15)14(16)19-13;;/h9-10,12,17H,3-8H2,1-2H3;2*1H/t12-;;/m0../s1. The van der Waals surface area contributed by atoms with E-state index < -0.39 is 0 Å². The molecule has 2 rings (SSSR count). The van der Waals surface area contributed by atoms with Crippen LogP contribution in [0.3, 0.4) is 0 Å². The Kier molecular flexibility index (Phi) is 11.4. The molecular weight excluding hydrogens is 459 g/mol. The lowest BCUT2D eigenvalue weighted by Gasteiger charge is -2.34. The summed E-state index contributed by atoms with van der Waals surface area (Å²) in [6.45, 7) is 9.19. The van der Waals surface area contributed by atoms with Gasteiger partial charge in [-0.25, -0.2) is 0 Å². The Morgan fingerprint density at radius 2 is 1.81 bits per heavy atom. The van der Waals surface area contributed by atoms with Gasteiger partial charge in [0.2, 0.25) is 0 Å². The Hall–Kier alpha value is 1.16. The topological polar surface area (TPSA) is 15.3 Å². The van der Waals surface area contributed by atoms with Gasteiger partial charge in [0.15, 0.2) is 0 Å². The van der Waals surface area contributed by atoms with Crippen LogP contribution in [0.5, 0.6) is 0 Å². The third kappa shape index (κ3) is 6.66. The van der Waals surface area contributed by atoms with E-state index in [4.69, 9.17) is 0 Å². The monoisotopic (exact) mass is 480 g/mol. The average Bonchev–Trinajstić information content (AvgIpc) is 2.70. The molecule has 2 nitrogen and oxygen atoms in total. The molecule has 7 heteroatoms. The van der Waals surface area contributed by atoms with Crippen molar-refractivity contribution >= 4 is 68.0 Å². The van der Waals surface area contributed by atoms with Crippen LogP contribution in [0.4, 0.5) is 0 Å². The number of hydrogen-bond donors (Lipinski definition) is 1. The normalized spacial score (nSPS) is 17.2. The van der Waals surface area contributed by atoms with Gasteiger partial charge in [0.1, 0.15) is 0 Å². The van der Waals surface area contributed by atoms with E-state index >= 15 is 0 Å². The van der Waals surface area contributed by atoms with E-state index in [1.807, 2.05) is 11.3 Å². The third-order valence-electron chi connectivity index (χ3n) is 3.60. The molecule has 0 saturated carbocycles. The summed E-state index contributed by atoms with van der Waals surface area (Å²) < 4.78 is 2.41. The fourth-order valence-electron chi connectivity index (χ4n) is 2.52. The van der Waals surface area contributed by atoms with Crippen LogP contribution in [-0.4, -0.2) is 31.1 Å². The van der Waals surface area contributed by atoms with Crippen LogP contribution in [0.25, 0.3) is 0 Å². The van der Waals surface area contributed by atoms with Crippen molar-refractivity contribution in [1.29, 1.82) is 0 Å². The lowest BCUT2D eigenvalue weighted by molar-refractivity contribution is 0.162. The molecule has 0 bridgehead atoms. The van der Waals surface area contributed by atoms with Crippen molar-refractivity contribution < 1.29 is 0 Å². The first-order valence-corrected chi connectivity index (χ1v) is 9.37. The Balaban J connectivity index is 0.00000200. The van der Waals surface area contributed by atoms with Crippen molar-refractivity contribution in [3.8, 4) is 0 Å². The molecule has 0 radical (unpaired) electrons. The van der Waals surface area contributed by atoms with Gasteiger partial charge in [0.25, 0.3) is 0 Å². The molecule has 1 aliphatic rings. The first-order chi connectivity index (χ1) is 9.08. The highest BCUT2D eigenvalue weighted by atomic mass is 79.9.